The Morgan fingerprint density at radius 3 is 2.39 bits per heavy atom. The molecule has 6 heteroatoms. The van der Waals surface area contributed by atoms with Crippen LogP contribution in [0.25, 0.3) is 0 Å². The third-order valence-corrected chi connectivity index (χ3v) is 11.4. The van der Waals surface area contributed by atoms with Gasteiger partial charge in [-0.25, -0.2) is 9.69 Å². The lowest BCUT2D eigenvalue weighted by Crippen LogP contribution is -2.48. The van der Waals surface area contributed by atoms with Crippen molar-refractivity contribution in [2.45, 2.75) is 84.7 Å². The predicted molar refractivity (Wildman–Crippen MR) is 137 cm³/mol. The first-order chi connectivity index (χ1) is 15.8. The van der Waals surface area contributed by atoms with Gasteiger partial charge < -0.3 is 9.16 Å². The molecule has 2 amide bonds. The van der Waals surface area contributed by atoms with E-state index in [1.165, 1.54) is 4.90 Å². The van der Waals surface area contributed by atoms with Crippen LogP contribution in [0.3, 0.4) is 0 Å². The lowest BCUT2D eigenvalue weighted by molar-refractivity contribution is -0.135. The van der Waals surface area contributed by atoms with E-state index in [9.17, 15) is 9.59 Å². The van der Waals surface area contributed by atoms with Crippen molar-refractivity contribution in [3.05, 3.63) is 59.7 Å². The van der Waals surface area contributed by atoms with Crippen LogP contribution in [-0.2, 0) is 20.4 Å². The first-order valence-electron chi connectivity index (χ1n) is 12.4. The summed E-state index contributed by atoms with van der Waals surface area (Å²) in [5.41, 5.74) is 2.22. The van der Waals surface area contributed by atoms with E-state index in [2.05, 4.69) is 40.7 Å². The number of allylic oxidation sites excluding steroid dienone is 3. The Kier molecular flexibility index (Phi) is 10.6. The molecule has 1 heterocycles. The van der Waals surface area contributed by atoms with E-state index in [-0.39, 0.29) is 24.7 Å². The lowest BCUT2D eigenvalue weighted by Gasteiger charge is -2.35. The number of rotatable bonds is 12. The number of amides is 2. The summed E-state index contributed by atoms with van der Waals surface area (Å²) >= 11 is 0. The summed E-state index contributed by atoms with van der Waals surface area (Å²) in [5, 5.41) is 0. The van der Waals surface area contributed by atoms with Crippen molar-refractivity contribution in [1.29, 1.82) is 0 Å². The molecule has 1 aromatic rings. The minimum absolute atomic E-state index is 0.226. The van der Waals surface area contributed by atoms with E-state index < -0.39 is 20.3 Å². The van der Waals surface area contributed by atoms with Gasteiger partial charge in [0.05, 0.1) is 18.1 Å². The fourth-order valence-corrected chi connectivity index (χ4v) is 7.22. The second kappa shape index (κ2) is 12.9. The average Bonchev–Trinajstić information content (AvgIpc) is 3.19. The minimum atomic E-state index is -1.97. The Morgan fingerprint density at radius 1 is 1.18 bits per heavy atom. The molecule has 1 fully saturated rings. The fourth-order valence-electron chi connectivity index (χ4n) is 4.36. The molecular weight excluding hydrogens is 430 g/mol. The number of imide groups is 1. The molecule has 0 aromatic heterocycles. The van der Waals surface area contributed by atoms with Crippen LogP contribution in [0.2, 0.25) is 18.1 Å². The van der Waals surface area contributed by atoms with Gasteiger partial charge in [0.15, 0.2) is 8.32 Å². The van der Waals surface area contributed by atoms with Gasteiger partial charge in [-0.05, 0) is 43.5 Å². The Bertz CT molecular complexity index is 824. The summed E-state index contributed by atoms with van der Waals surface area (Å²) in [6.45, 7) is 12.8. The average molecular weight is 472 g/mol. The van der Waals surface area contributed by atoms with Crippen LogP contribution >= 0.6 is 0 Å². The fraction of sp³-hybridized carbons (Fsp3) is 0.556. The van der Waals surface area contributed by atoms with Crippen molar-refractivity contribution in [2.75, 3.05) is 6.61 Å². The summed E-state index contributed by atoms with van der Waals surface area (Å²) in [4.78, 5) is 27.5. The van der Waals surface area contributed by atoms with Crippen LogP contribution in [0, 0.1) is 5.92 Å². The predicted octanol–water partition coefficient (Wildman–Crippen LogP) is 6.52. The van der Waals surface area contributed by atoms with Gasteiger partial charge in [-0.15, -0.1) is 0 Å². The highest BCUT2D eigenvalue weighted by Gasteiger charge is 2.43. The van der Waals surface area contributed by atoms with Crippen molar-refractivity contribution in [3.8, 4) is 0 Å². The molecule has 0 N–H and O–H groups in total. The molecule has 0 bridgehead atoms. The van der Waals surface area contributed by atoms with Gasteiger partial charge in [-0.2, -0.15) is 0 Å². The topological polar surface area (TPSA) is 55.8 Å². The summed E-state index contributed by atoms with van der Waals surface area (Å²) in [5.74, 6) is -0.715. The number of hydrogen-bond donors (Lipinski definition) is 0. The van der Waals surface area contributed by atoms with Crippen molar-refractivity contribution >= 4 is 20.3 Å². The number of ether oxygens (including phenoxy) is 1. The molecule has 5 nitrogen and oxygen atoms in total. The van der Waals surface area contributed by atoms with Crippen LogP contribution in [0.4, 0.5) is 4.79 Å². The standard InChI is InChI=1S/C27H41NO4Si/c1-7-14-21(5)17-18-25(32-33(8-2,9-3)10-4)22(6)26(29)28-24(20-31-27(28)30)19-23-15-12-11-13-16-23/h11-18,22,24-25H,7-10,19-20H2,1-6H3/b18-17+,21-14+/t22-,24-,25+/m0/s1. The van der Waals surface area contributed by atoms with Gasteiger partial charge in [0.2, 0.25) is 5.91 Å². The zero-order valence-corrected chi connectivity index (χ0v) is 22.2. The highest BCUT2D eigenvalue weighted by atomic mass is 28.4. The second-order valence-electron chi connectivity index (χ2n) is 8.96. The molecule has 3 atom stereocenters. The smallest absolute Gasteiger partial charge is 0.416 e. The molecule has 0 unspecified atom stereocenters. The van der Waals surface area contributed by atoms with Gasteiger partial charge >= 0.3 is 6.09 Å². The van der Waals surface area contributed by atoms with Crippen molar-refractivity contribution in [3.63, 3.8) is 0 Å². The summed E-state index contributed by atoms with van der Waals surface area (Å²) < 4.78 is 12.1. The number of carbonyl (C=O) groups excluding carboxylic acids is 2. The summed E-state index contributed by atoms with van der Waals surface area (Å²) in [6.07, 6.45) is 6.81. The molecule has 1 aliphatic rings. The summed E-state index contributed by atoms with van der Waals surface area (Å²) in [7, 11) is -1.97. The maximum atomic E-state index is 13.6. The Labute approximate surface area is 201 Å². The molecule has 0 aliphatic carbocycles. The number of hydrogen-bond acceptors (Lipinski definition) is 4. The molecule has 1 aromatic carbocycles. The van der Waals surface area contributed by atoms with Crippen LogP contribution in [0.5, 0.6) is 0 Å². The monoisotopic (exact) mass is 471 g/mol. The van der Waals surface area contributed by atoms with E-state index in [0.717, 1.165) is 35.7 Å². The Morgan fingerprint density at radius 2 is 1.82 bits per heavy atom. The van der Waals surface area contributed by atoms with E-state index in [1.807, 2.05) is 49.4 Å². The highest BCUT2D eigenvalue weighted by Crippen LogP contribution is 2.29. The molecule has 0 spiro atoms. The molecule has 2 rings (SSSR count). The van der Waals surface area contributed by atoms with Crippen LogP contribution in [0.15, 0.2) is 54.1 Å². The number of nitrogens with zero attached hydrogens (tertiary/aromatic N) is 1. The van der Waals surface area contributed by atoms with Crippen molar-refractivity contribution in [1.82, 2.24) is 4.90 Å². The molecule has 1 saturated heterocycles. The lowest BCUT2D eigenvalue weighted by atomic mass is 9.99. The normalized spacial score (nSPS) is 19.1. The van der Waals surface area contributed by atoms with Crippen molar-refractivity contribution < 1.29 is 18.8 Å². The molecular formula is C27H41NO4Si. The van der Waals surface area contributed by atoms with E-state index in [1.54, 1.807) is 0 Å². The molecule has 1 aliphatic heterocycles. The largest absolute Gasteiger partial charge is 0.447 e. The SMILES string of the molecule is CC/C=C(C)/C=C/[C@@H](O[Si](CC)(CC)CC)[C@H](C)C(=O)N1C(=O)OC[C@@H]1Cc1ccccc1. The van der Waals surface area contributed by atoms with Gasteiger partial charge in [0.25, 0.3) is 0 Å². The van der Waals surface area contributed by atoms with Crippen LogP contribution < -0.4 is 0 Å². The van der Waals surface area contributed by atoms with Crippen LogP contribution in [-0.4, -0.2) is 44.0 Å². The molecule has 0 radical (unpaired) electrons. The zero-order chi connectivity index (χ0) is 24.4. The zero-order valence-electron chi connectivity index (χ0n) is 21.2. The van der Waals surface area contributed by atoms with Gasteiger partial charge in [0.1, 0.15) is 6.61 Å². The molecule has 0 saturated carbocycles. The second-order valence-corrected chi connectivity index (χ2v) is 13.7. The molecule has 182 valence electrons. The van der Waals surface area contributed by atoms with E-state index in [0.29, 0.717) is 6.42 Å². The molecule has 33 heavy (non-hydrogen) atoms. The number of carbonyl (C=O) groups is 2. The highest BCUT2D eigenvalue weighted by molar-refractivity contribution is 6.73. The van der Waals surface area contributed by atoms with E-state index >= 15 is 0 Å². The maximum absolute atomic E-state index is 13.6. The van der Waals surface area contributed by atoms with E-state index in [4.69, 9.17) is 9.16 Å². The Balaban J connectivity index is 2.29. The Hall–Kier alpha value is -2.18. The van der Waals surface area contributed by atoms with Gasteiger partial charge in [-0.1, -0.05) is 88.8 Å². The third-order valence-electron chi connectivity index (χ3n) is 6.79. The first kappa shape index (κ1) is 27.1. The number of cyclic esters (lactones) is 1. The van der Waals surface area contributed by atoms with Gasteiger partial charge in [-0.3, -0.25) is 4.79 Å². The first-order valence-corrected chi connectivity index (χ1v) is 14.9. The third kappa shape index (κ3) is 7.15. The minimum Gasteiger partial charge on any atom is -0.447 e. The summed E-state index contributed by atoms with van der Waals surface area (Å²) in [6, 6.07) is 12.6. The maximum Gasteiger partial charge on any atom is 0.416 e. The van der Waals surface area contributed by atoms with Crippen molar-refractivity contribution in [2.24, 2.45) is 5.92 Å². The van der Waals surface area contributed by atoms with Crippen LogP contribution in [0.1, 0.15) is 53.5 Å². The van der Waals surface area contributed by atoms with Gasteiger partial charge in [0, 0.05) is 0 Å². The number of benzene rings is 1. The quantitative estimate of drug-likeness (QED) is 0.257.